The molecule has 0 aliphatic carbocycles. The SMILES string of the molecule is O=C(NCc1ccc2c(c1)OCO2)Nc1cnn(Cc2cn3ccccc3n2)c1. The first kappa shape index (κ1) is 17.1. The molecule has 4 heterocycles. The Morgan fingerprint density at radius 1 is 1.14 bits per heavy atom. The second-order valence-electron chi connectivity index (χ2n) is 6.62. The van der Waals surface area contributed by atoms with Gasteiger partial charge >= 0.3 is 6.03 Å². The first-order valence-corrected chi connectivity index (χ1v) is 9.11. The summed E-state index contributed by atoms with van der Waals surface area (Å²) in [5.74, 6) is 1.41. The van der Waals surface area contributed by atoms with Gasteiger partial charge in [0.15, 0.2) is 11.5 Å². The Balaban J connectivity index is 1.17. The van der Waals surface area contributed by atoms with Crippen LogP contribution in [0, 0.1) is 0 Å². The van der Waals surface area contributed by atoms with Gasteiger partial charge in [0.05, 0.1) is 24.1 Å². The number of urea groups is 1. The molecule has 0 saturated heterocycles. The number of rotatable bonds is 5. The van der Waals surface area contributed by atoms with Crippen LogP contribution in [0.5, 0.6) is 11.5 Å². The minimum Gasteiger partial charge on any atom is -0.454 e. The topological polar surface area (TPSA) is 94.7 Å². The number of aromatic nitrogens is 4. The van der Waals surface area contributed by atoms with E-state index in [1.54, 1.807) is 17.1 Å². The highest BCUT2D eigenvalue weighted by Crippen LogP contribution is 2.32. The summed E-state index contributed by atoms with van der Waals surface area (Å²) >= 11 is 0. The average molecular weight is 390 g/mol. The van der Waals surface area contributed by atoms with Gasteiger partial charge in [-0.1, -0.05) is 12.1 Å². The highest BCUT2D eigenvalue weighted by atomic mass is 16.7. The number of amides is 2. The molecule has 0 saturated carbocycles. The van der Waals surface area contributed by atoms with Crippen LogP contribution in [0.2, 0.25) is 0 Å². The third kappa shape index (κ3) is 3.70. The van der Waals surface area contributed by atoms with Crippen LogP contribution < -0.4 is 20.1 Å². The molecule has 4 aromatic rings. The number of fused-ring (bicyclic) bond motifs is 2. The Bertz CT molecular complexity index is 1150. The number of hydrogen-bond acceptors (Lipinski definition) is 5. The van der Waals surface area contributed by atoms with Crippen molar-refractivity contribution in [1.82, 2.24) is 24.5 Å². The van der Waals surface area contributed by atoms with E-state index in [0.717, 1.165) is 22.7 Å². The molecule has 1 aliphatic rings. The molecule has 9 nitrogen and oxygen atoms in total. The molecule has 0 atom stereocenters. The molecule has 146 valence electrons. The van der Waals surface area contributed by atoms with E-state index in [-0.39, 0.29) is 12.8 Å². The van der Waals surface area contributed by atoms with Crippen molar-refractivity contribution >= 4 is 17.4 Å². The Labute approximate surface area is 165 Å². The molecule has 9 heteroatoms. The van der Waals surface area contributed by atoms with Crippen LogP contribution in [0.4, 0.5) is 10.5 Å². The molecule has 0 radical (unpaired) electrons. The van der Waals surface area contributed by atoms with Crippen molar-refractivity contribution in [1.29, 1.82) is 0 Å². The van der Waals surface area contributed by atoms with Crippen LogP contribution >= 0.6 is 0 Å². The Morgan fingerprint density at radius 2 is 2.07 bits per heavy atom. The van der Waals surface area contributed by atoms with Crippen molar-refractivity contribution in [3.8, 4) is 11.5 Å². The van der Waals surface area contributed by atoms with E-state index in [1.165, 1.54) is 0 Å². The number of pyridine rings is 1. The number of imidazole rings is 1. The van der Waals surface area contributed by atoms with Crippen LogP contribution in [-0.2, 0) is 13.1 Å². The lowest BCUT2D eigenvalue weighted by Crippen LogP contribution is -2.28. The molecule has 2 amide bonds. The summed E-state index contributed by atoms with van der Waals surface area (Å²) in [5.41, 5.74) is 3.30. The van der Waals surface area contributed by atoms with Crippen molar-refractivity contribution in [3.05, 3.63) is 72.4 Å². The van der Waals surface area contributed by atoms with Gasteiger partial charge in [0.25, 0.3) is 0 Å². The van der Waals surface area contributed by atoms with Crippen molar-refractivity contribution in [2.45, 2.75) is 13.1 Å². The minimum absolute atomic E-state index is 0.228. The van der Waals surface area contributed by atoms with Gasteiger partial charge in [0.2, 0.25) is 6.79 Å². The monoisotopic (exact) mass is 390 g/mol. The lowest BCUT2D eigenvalue weighted by molar-refractivity contribution is 0.174. The van der Waals surface area contributed by atoms with Crippen molar-refractivity contribution in [3.63, 3.8) is 0 Å². The number of ether oxygens (including phenoxy) is 2. The summed E-state index contributed by atoms with van der Waals surface area (Å²) in [6, 6.07) is 11.1. The predicted octanol–water partition coefficient (Wildman–Crippen LogP) is 2.63. The summed E-state index contributed by atoms with van der Waals surface area (Å²) in [4.78, 5) is 16.7. The van der Waals surface area contributed by atoms with Gasteiger partial charge in [-0.25, -0.2) is 9.78 Å². The molecule has 3 aromatic heterocycles. The third-order valence-corrected chi connectivity index (χ3v) is 4.52. The summed E-state index contributed by atoms with van der Waals surface area (Å²) in [7, 11) is 0. The number of nitrogens with zero attached hydrogens (tertiary/aromatic N) is 4. The fourth-order valence-electron chi connectivity index (χ4n) is 3.15. The zero-order valence-electron chi connectivity index (χ0n) is 15.4. The standard InChI is InChI=1S/C20H18N6O3/c27-20(21-8-14-4-5-17-18(7-14)29-13-28-17)24-15-9-22-26(11-15)12-16-10-25-6-2-1-3-19(25)23-16/h1-7,9-11H,8,12-13H2,(H2,21,24,27). The number of carbonyl (C=O) groups excluding carboxylic acids is 1. The normalized spacial score (nSPS) is 12.3. The van der Waals surface area contributed by atoms with Crippen LogP contribution in [-0.4, -0.2) is 32.0 Å². The number of hydrogen-bond donors (Lipinski definition) is 2. The van der Waals surface area contributed by atoms with Gasteiger partial charge in [0, 0.05) is 25.1 Å². The number of anilines is 1. The van der Waals surface area contributed by atoms with Gasteiger partial charge in [-0.2, -0.15) is 5.10 Å². The van der Waals surface area contributed by atoms with Crippen LogP contribution in [0.3, 0.4) is 0 Å². The summed E-state index contributed by atoms with van der Waals surface area (Å²) in [6.07, 6.45) is 7.29. The second-order valence-corrected chi connectivity index (χ2v) is 6.62. The largest absolute Gasteiger partial charge is 0.454 e. The van der Waals surface area contributed by atoms with Gasteiger partial charge < -0.3 is 24.5 Å². The van der Waals surface area contributed by atoms with Crippen molar-refractivity contribution in [2.75, 3.05) is 12.1 Å². The maximum atomic E-state index is 12.2. The van der Waals surface area contributed by atoms with E-state index < -0.39 is 0 Å². The van der Waals surface area contributed by atoms with E-state index >= 15 is 0 Å². The molecule has 0 spiro atoms. The minimum atomic E-state index is -0.310. The van der Waals surface area contributed by atoms with E-state index in [4.69, 9.17) is 9.47 Å². The maximum Gasteiger partial charge on any atom is 0.319 e. The molecular formula is C20H18N6O3. The lowest BCUT2D eigenvalue weighted by Gasteiger charge is -2.06. The average Bonchev–Trinajstić information content (AvgIpc) is 3.45. The lowest BCUT2D eigenvalue weighted by atomic mass is 10.2. The van der Waals surface area contributed by atoms with E-state index in [1.807, 2.05) is 53.2 Å². The second kappa shape index (κ2) is 7.19. The number of nitrogens with one attached hydrogen (secondary N) is 2. The van der Waals surface area contributed by atoms with Gasteiger partial charge in [0.1, 0.15) is 5.65 Å². The Hall–Kier alpha value is -4.01. The molecule has 1 aliphatic heterocycles. The first-order chi connectivity index (χ1) is 14.2. The third-order valence-electron chi connectivity index (χ3n) is 4.52. The zero-order chi connectivity index (χ0) is 19.6. The Morgan fingerprint density at radius 3 is 3.00 bits per heavy atom. The quantitative estimate of drug-likeness (QED) is 0.546. The van der Waals surface area contributed by atoms with Gasteiger partial charge in [-0.15, -0.1) is 0 Å². The maximum absolute atomic E-state index is 12.2. The molecule has 0 fully saturated rings. The fraction of sp³-hybridized carbons (Fsp3) is 0.150. The highest BCUT2D eigenvalue weighted by Gasteiger charge is 2.13. The molecule has 1 aromatic carbocycles. The zero-order valence-corrected chi connectivity index (χ0v) is 15.4. The molecule has 5 rings (SSSR count). The predicted molar refractivity (Wildman–Crippen MR) is 105 cm³/mol. The van der Waals surface area contributed by atoms with Crippen molar-refractivity contribution in [2.24, 2.45) is 0 Å². The summed E-state index contributed by atoms with van der Waals surface area (Å²) < 4.78 is 14.3. The molecule has 0 unspecified atom stereocenters. The van der Waals surface area contributed by atoms with Crippen LogP contribution in [0.15, 0.2) is 61.2 Å². The van der Waals surface area contributed by atoms with Gasteiger partial charge in [-0.05, 0) is 29.8 Å². The van der Waals surface area contributed by atoms with E-state index in [2.05, 4.69) is 20.7 Å². The number of carbonyl (C=O) groups is 1. The van der Waals surface area contributed by atoms with Crippen LogP contribution in [0.25, 0.3) is 5.65 Å². The first-order valence-electron chi connectivity index (χ1n) is 9.11. The Kier molecular flexibility index (Phi) is 4.24. The fourth-order valence-corrected chi connectivity index (χ4v) is 3.15. The number of benzene rings is 1. The molecule has 2 N–H and O–H groups in total. The van der Waals surface area contributed by atoms with Crippen molar-refractivity contribution < 1.29 is 14.3 Å². The molecule has 29 heavy (non-hydrogen) atoms. The summed E-state index contributed by atoms with van der Waals surface area (Å²) in [6.45, 7) is 1.12. The summed E-state index contributed by atoms with van der Waals surface area (Å²) in [5, 5.41) is 9.89. The van der Waals surface area contributed by atoms with Gasteiger partial charge in [-0.3, -0.25) is 4.68 Å². The van der Waals surface area contributed by atoms with Crippen LogP contribution in [0.1, 0.15) is 11.3 Å². The molecular weight excluding hydrogens is 372 g/mol. The van der Waals surface area contributed by atoms with E-state index in [0.29, 0.717) is 24.5 Å². The highest BCUT2D eigenvalue weighted by molar-refractivity contribution is 5.88. The molecule has 0 bridgehead atoms. The van der Waals surface area contributed by atoms with E-state index in [9.17, 15) is 4.79 Å². The smallest absolute Gasteiger partial charge is 0.319 e.